The Hall–Kier alpha value is -4.36. The number of hydrogen-bond donors (Lipinski definition) is 14. The van der Waals surface area contributed by atoms with E-state index in [9.17, 15) is 84.3 Å². The van der Waals surface area contributed by atoms with Crippen LogP contribution in [0.5, 0.6) is 0 Å². The summed E-state index contributed by atoms with van der Waals surface area (Å²) in [6.07, 6.45) is -13.9. The second-order valence-corrected chi connectivity index (χ2v) is 21.6. The minimum atomic E-state index is -1.54. The van der Waals surface area contributed by atoms with Gasteiger partial charge in [0.25, 0.3) is 0 Å². The first-order valence-electron chi connectivity index (χ1n) is 28.8. The Morgan fingerprint density at radius 3 is 1.31 bits per heavy atom. The molecule has 3 aliphatic rings. The third kappa shape index (κ3) is 26.9. The molecule has 0 aromatic carbocycles. The maximum absolute atomic E-state index is 14.1. The van der Waals surface area contributed by atoms with Crippen molar-refractivity contribution in [2.24, 2.45) is 11.8 Å². The van der Waals surface area contributed by atoms with E-state index >= 15 is 0 Å². The lowest BCUT2D eigenvalue weighted by Crippen LogP contribution is -2.64. The van der Waals surface area contributed by atoms with Crippen LogP contribution in [0, 0.1) is 11.8 Å². The van der Waals surface area contributed by atoms with Gasteiger partial charge in [-0.15, -0.1) is 0 Å². The molecule has 0 aliphatic carbocycles. The molecule has 0 saturated carbocycles. The number of aliphatic hydroxyl groups is 9. The number of ether oxygens (including phenoxy) is 9. The van der Waals surface area contributed by atoms with Crippen LogP contribution in [-0.2, 0) is 81.0 Å². The van der Waals surface area contributed by atoms with Crippen molar-refractivity contribution in [1.29, 1.82) is 0 Å². The normalized spacial score (nSPS) is 28.4. The van der Waals surface area contributed by atoms with Gasteiger partial charge in [0.1, 0.15) is 92.9 Å². The first-order chi connectivity index (χ1) is 40.4. The molecular formula is C54H93N5O26. The molecule has 14 N–H and O–H groups in total. The Morgan fingerprint density at radius 1 is 0.482 bits per heavy atom. The van der Waals surface area contributed by atoms with E-state index in [1.54, 1.807) is 0 Å². The number of carbonyl (C=O) groups is 8. The SMILES string of the molecule is CC(=O)NC1[C@H](OCCOCC(=O)CCCCCC(CC(=O)COCCO[C@@H]2OC(CO)[C@H](O)[C@H](O)C2NC(C)=O)C(=O)NC(CCCCNC(=O)COCCO[C@@H]2OC(CO)[C@H](O)[C@H](O)C2NC(C)=O)C(=O)CC(C)C)OC(CO)[C@H](O)[C@@H]1O. The summed E-state index contributed by atoms with van der Waals surface area (Å²) in [5.41, 5.74) is 0. The highest BCUT2D eigenvalue weighted by Gasteiger charge is 2.48. The predicted molar refractivity (Wildman–Crippen MR) is 291 cm³/mol. The lowest BCUT2D eigenvalue weighted by Gasteiger charge is -2.42. The van der Waals surface area contributed by atoms with Gasteiger partial charge in [0.05, 0.1) is 65.5 Å². The number of ketones is 3. The summed E-state index contributed by atoms with van der Waals surface area (Å²) >= 11 is 0. The van der Waals surface area contributed by atoms with Gasteiger partial charge in [0.15, 0.2) is 36.2 Å². The number of aliphatic hydroxyl groups excluding tert-OH is 9. The van der Waals surface area contributed by atoms with Crippen molar-refractivity contribution < 1.29 is 127 Å². The van der Waals surface area contributed by atoms with E-state index in [0.717, 1.165) is 0 Å². The average Bonchev–Trinajstić information content (AvgIpc) is 2.84. The molecule has 490 valence electrons. The minimum Gasteiger partial charge on any atom is -0.394 e. The summed E-state index contributed by atoms with van der Waals surface area (Å²) in [6, 6.07) is -4.42. The smallest absolute Gasteiger partial charge is 0.245 e. The average molecular weight is 1230 g/mol. The Bertz CT molecular complexity index is 2050. The van der Waals surface area contributed by atoms with Crippen LogP contribution < -0.4 is 26.6 Å². The van der Waals surface area contributed by atoms with Crippen molar-refractivity contribution >= 4 is 46.9 Å². The molecule has 0 spiro atoms. The van der Waals surface area contributed by atoms with Crippen LogP contribution in [-0.4, -0.2) is 277 Å². The van der Waals surface area contributed by atoms with Gasteiger partial charge in [-0.1, -0.05) is 26.7 Å². The van der Waals surface area contributed by atoms with Crippen molar-refractivity contribution in [3.63, 3.8) is 0 Å². The molecule has 3 saturated heterocycles. The topological polar surface area (TPSA) is 462 Å². The number of rotatable bonds is 42. The van der Waals surface area contributed by atoms with Gasteiger partial charge < -0.3 is 115 Å². The van der Waals surface area contributed by atoms with Crippen molar-refractivity contribution in [2.75, 3.05) is 85.8 Å². The number of hydrogen-bond acceptors (Lipinski definition) is 26. The van der Waals surface area contributed by atoms with Crippen LogP contribution in [0.3, 0.4) is 0 Å². The lowest BCUT2D eigenvalue weighted by molar-refractivity contribution is -0.271. The monoisotopic (exact) mass is 1230 g/mol. The first-order valence-corrected chi connectivity index (χ1v) is 28.8. The van der Waals surface area contributed by atoms with Crippen LogP contribution in [0.1, 0.15) is 98.8 Å². The third-order valence-electron chi connectivity index (χ3n) is 14.0. The van der Waals surface area contributed by atoms with Crippen molar-refractivity contribution in [3.05, 3.63) is 0 Å². The van der Waals surface area contributed by atoms with E-state index in [1.165, 1.54) is 20.8 Å². The van der Waals surface area contributed by atoms with Crippen LogP contribution in [0.15, 0.2) is 0 Å². The highest BCUT2D eigenvalue weighted by molar-refractivity contribution is 5.92. The van der Waals surface area contributed by atoms with Gasteiger partial charge in [0, 0.05) is 52.5 Å². The van der Waals surface area contributed by atoms with Crippen LogP contribution in [0.4, 0.5) is 0 Å². The standard InChI is InChI=1S/C54H93N5O26/c1-29(2)21-37(68)36(13-9-10-14-55-41(69)28-79-17-20-82-54-44(58-32(5)65)50(75)47(72)40(25-62)85-54)59-51(76)33(22-35(67)27-78-16-19-81-53-43(57-31(4)64)49(74)46(71)39(24-61)84-53)11-7-6-8-12-34(66)26-77-15-18-80-52-42(56-30(3)63)48(73)45(70)38(23-60)83-52/h29,33,36,38-40,42-50,52-54,60-62,70-75H,6-28H2,1-5H3,(H,55,69)(H,56,63)(H,57,64)(H,58,65)(H,59,76)/t33?,36?,38?,39?,40?,42?,43?,44?,45-,46-,47-,48+,49+,50+,52+,53+,54+/m0/s1. The zero-order valence-corrected chi connectivity index (χ0v) is 49.1. The lowest BCUT2D eigenvalue weighted by atomic mass is 9.92. The zero-order chi connectivity index (χ0) is 63.2. The summed E-state index contributed by atoms with van der Waals surface area (Å²) in [4.78, 5) is 102. The number of unbranched alkanes of at least 4 members (excludes halogenated alkanes) is 3. The molecule has 0 aromatic rings. The van der Waals surface area contributed by atoms with Crippen LogP contribution >= 0.6 is 0 Å². The molecule has 3 rings (SSSR count). The largest absolute Gasteiger partial charge is 0.394 e. The van der Waals surface area contributed by atoms with Crippen molar-refractivity contribution in [1.82, 2.24) is 26.6 Å². The van der Waals surface area contributed by atoms with Crippen LogP contribution in [0.2, 0.25) is 0 Å². The second-order valence-electron chi connectivity index (χ2n) is 21.6. The van der Waals surface area contributed by atoms with E-state index in [-0.39, 0.29) is 109 Å². The molecule has 17 atom stereocenters. The van der Waals surface area contributed by atoms with E-state index in [2.05, 4.69) is 26.6 Å². The Labute approximate surface area is 493 Å². The summed E-state index contributed by atoms with van der Waals surface area (Å²) in [6.45, 7) is 3.64. The molecule has 3 aliphatic heterocycles. The van der Waals surface area contributed by atoms with Crippen LogP contribution in [0.25, 0.3) is 0 Å². The van der Waals surface area contributed by atoms with Crippen molar-refractivity contribution in [2.45, 2.75) is 197 Å². The van der Waals surface area contributed by atoms with Crippen molar-refractivity contribution in [3.8, 4) is 0 Å². The van der Waals surface area contributed by atoms with Gasteiger partial charge in [-0.3, -0.25) is 38.4 Å². The van der Waals surface area contributed by atoms with Gasteiger partial charge in [-0.2, -0.15) is 0 Å². The molecule has 3 heterocycles. The van der Waals surface area contributed by atoms with Gasteiger partial charge in [-0.05, 0) is 38.0 Å². The fourth-order valence-electron chi connectivity index (χ4n) is 9.57. The van der Waals surface area contributed by atoms with Gasteiger partial charge in [-0.25, -0.2) is 0 Å². The summed E-state index contributed by atoms with van der Waals surface area (Å²) < 4.78 is 49.8. The first kappa shape index (κ1) is 74.9. The maximum Gasteiger partial charge on any atom is 0.245 e. The molecule has 0 aromatic heterocycles. The zero-order valence-electron chi connectivity index (χ0n) is 49.1. The molecule has 0 radical (unpaired) electrons. The molecule has 5 amide bonds. The Balaban J connectivity index is 1.54. The molecule has 8 unspecified atom stereocenters. The fourth-order valence-corrected chi connectivity index (χ4v) is 9.57. The maximum atomic E-state index is 14.1. The predicted octanol–water partition coefficient (Wildman–Crippen LogP) is -5.60. The number of nitrogens with one attached hydrogen (secondary N) is 5. The molecule has 31 heteroatoms. The minimum absolute atomic E-state index is 0.0533. The highest BCUT2D eigenvalue weighted by Crippen LogP contribution is 2.25. The number of carbonyl (C=O) groups excluding carboxylic acids is 8. The Morgan fingerprint density at radius 2 is 0.894 bits per heavy atom. The van der Waals surface area contributed by atoms with E-state index in [1.807, 2.05) is 13.8 Å². The molecular weight excluding hydrogens is 1130 g/mol. The summed E-state index contributed by atoms with van der Waals surface area (Å²) in [5.74, 6) is -4.54. The van der Waals surface area contributed by atoms with E-state index < -0.39 is 166 Å². The highest BCUT2D eigenvalue weighted by atomic mass is 16.7. The molecule has 31 nitrogen and oxygen atoms in total. The quantitative estimate of drug-likeness (QED) is 0.0253. The Kier molecular flexibility index (Phi) is 35.4. The van der Waals surface area contributed by atoms with Gasteiger partial charge >= 0.3 is 0 Å². The second kappa shape index (κ2) is 40.2. The van der Waals surface area contributed by atoms with E-state index in [4.69, 9.17) is 42.6 Å². The summed E-state index contributed by atoms with van der Waals surface area (Å²) in [5, 5.41) is 104. The third-order valence-corrected chi connectivity index (χ3v) is 14.0. The fraction of sp³-hybridized carbons (Fsp3) is 0.852. The molecule has 3 fully saturated rings. The summed E-state index contributed by atoms with van der Waals surface area (Å²) in [7, 11) is 0. The molecule has 0 bridgehead atoms. The molecule has 85 heavy (non-hydrogen) atoms. The number of Topliss-reactive ketones (excluding diaryl/α,β-unsaturated/α-hetero) is 3. The number of amides is 5. The van der Waals surface area contributed by atoms with Gasteiger partial charge in [0.2, 0.25) is 29.5 Å². The van der Waals surface area contributed by atoms with E-state index in [0.29, 0.717) is 32.1 Å².